The first kappa shape index (κ1) is 16.4. The second kappa shape index (κ2) is 7.34. The predicted molar refractivity (Wildman–Crippen MR) is 85.6 cm³/mol. The van der Waals surface area contributed by atoms with Crippen LogP contribution in [0.1, 0.15) is 30.5 Å². The summed E-state index contributed by atoms with van der Waals surface area (Å²) >= 11 is 9.61. The van der Waals surface area contributed by atoms with Gasteiger partial charge in [0.05, 0.1) is 6.04 Å². The van der Waals surface area contributed by atoms with Crippen molar-refractivity contribution in [3.05, 3.63) is 68.7 Å². The topological polar surface area (TPSA) is 12.0 Å². The van der Waals surface area contributed by atoms with Crippen LogP contribution in [0.25, 0.3) is 0 Å². The molecule has 1 atom stereocenters. The van der Waals surface area contributed by atoms with Crippen molar-refractivity contribution >= 4 is 27.5 Å². The van der Waals surface area contributed by atoms with E-state index in [1.54, 1.807) is 0 Å². The van der Waals surface area contributed by atoms with Crippen molar-refractivity contribution < 1.29 is 8.78 Å². The Balaban J connectivity index is 2.51. The molecule has 0 bridgehead atoms. The highest BCUT2D eigenvalue weighted by Crippen LogP contribution is 2.33. The summed E-state index contributed by atoms with van der Waals surface area (Å²) in [6.45, 7) is 2.78. The molecule has 2 rings (SSSR count). The van der Waals surface area contributed by atoms with E-state index >= 15 is 0 Å². The summed E-state index contributed by atoms with van der Waals surface area (Å²) in [5.74, 6) is -1.84. The minimum absolute atomic E-state index is 0.207. The third-order valence-electron chi connectivity index (χ3n) is 3.17. The Morgan fingerprint density at radius 3 is 2.48 bits per heavy atom. The van der Waals surface area contributed by atoms with Crippen LogP contribution in [-0.2, 0) is 0 Å². The molecular weight excluding hydrogens is 360 g/mol. The van der Waals surface area contributed by atoms with Crippen LogP contribution in [0.4, 0.5) is 8.78 Å². The molecule has 2 aromatic rings. The van der Waals surface area contributed by atoms with E-state index in [4.69, 9.17) is 11.6 Å². The molecule has 112 valence electrons. The van der Waals surface area contributed by atoms with Gasteiger partial charge in [0.2, 0.25) is 0 Å². The minimum Gasteiger partial charge on any atom is -0.306 e. The minimum atomic E-state index is -0.940. The highest BCUT2D eigenvalue weighted by Gasteiger charge is 2.20. The Labute approximate surface area is 136 Å². The summed E-state index contributed by atoms with van der Waals surface area (Å²) in [7, 11) is 0. The molecule has 0 saturated heterocycles. The lowest BCUT2D eigenvalue weighted by molar-refractivity contribution is 0.503. The number of benzene rings is 2. The van der Waals surface area contributed by atoms with E-state index in [0.29, 0.717) is 5.56 Å². The maximum atomic E-state index is 13.6. The van der Waals surface area contributed by atoms with Crippen molar-refractivity contribution in [3.63, 3.8) is 0 Å². The molecule has 5 heteroatoms. The van der Waals surface area contributed by atoms with Crippen LogP contribution in [0, 0.1) is 11.6 Å². The van der Waals surface area contributed by atoms with Gasteiger partial charge in [0.25, 0.3) is 0 Å². The standard InChI is InChI=1S/C16H15BrClF2N/c1-2-7-21-16(10-5-3-4-6-12(10)17)11-8-14(19)15(20)9-13(11)18/h3-6,8-9,16,21H,2,7H2,1H3. The highest BCUT2D eigenvalue weighted by molar-refractivity contribution is 9.10. The summed E-state index contributed by atoms with van der Waals surface area (Å²) < 4.78 is 27.7. The molecule has 0 spiro atoms. The van der Waals surface area contributed by atoms with Gasteiger partial charge in [-0.1, -0.05) is 52.7 Å². The predicted octanol–water partition coefficient (Wildman–Crippen LogP) is 5.47. The molecule has 0 aliphatic carbocycles. The van der Waals surface area contributed by atoms with E-state index in [1.165, 1.54) is 0 Å². The van der Waals surface area contributed by atoms with E-state index < -0.39 is 11.6 Å². The smallest absolute Gasteiger partial charge is 0.160 e. The van der Waals surface area contributed by atoms with Crippen LogP contribution in [0.5, 0.6) is 0 Å². The molecule has 1 nitrogen and oxygen atoms in total. The molecule has 0 aromatic heterocycles. The van der Waals surface area contributed by atoms with Gasteiger partial charge < -0.3 is 5.32 Å². The van der Waals surface area contributed by atoms with Crippen molar-refractivity contribution in [1.82, 2.24) is 5.32 Å². The van der Waals surface area contributed by atoms with Crippen LogP contribution >= 0.6 is 27.5 Å². The molecule has 21 heavy (non-hydrogen) atoms. The highest BCUT2D eigenvalue weighted by atomic mass is 79.9. The quantitative estimate of drug-likeness (QED) is 0.684. The van der Waals surface area contributed by atoms with Crippen molar-refractivity contribution in [2.75, 3.05) is 6.54 Å². The lowest BCUT2D eigenvalue weighted by Crippen LogP contribution is -2.24. The van der Waals surface area contributed by atoms with Gasteiger partial charge in [-0.05, 0) is 42.3 Å². The van der Waals surface area contributed by atoms with Gasteiger partial charge >= 0.3 is 0 Å². The summed E-state index contributed by atoms with van der Waals surface area (Å²) in [6, 6.07) is 9.50. The van der Waals surface area contributed by atoms with Gasteiger partial charge in [0.15, 0.2) is 11.6 Å². The third kappa shape index (κ3) is 3.82. The van der Waals surface area contributed by atoms with Gasteiger partial charge in [-0.3, -0.25) is 0 Å². The van der Waals surface area contributed by atoms with Crippen molar-refractivity contribution in [1.29, 1.82) is 0 Å². The zero-order valence-corrected chi connectivity index (χ0v) is 13.8. The van der Waals surface area contributed by atoms with Crippen molar-refractivity contribution in [3.8, 4) is 0 Å². The Bertz CT molecular complexity index is 634. The van der Waals surface area contributed by atoms with Gasteiger partial charge in [0.1, 0.15) is 0 Å². The summed E-state index contributed by atoms with van der Waals surface area (Å²) in [5, 5.41) is 3.53. The van der Waals surface area contributed by atoms with E-state index in [2.05, 4.69) is 21.2 Å². The fourth-order valence-corrected chi connectivity index (χ4v) is 2.92. The van der Waals surface area contributed by atoms with Crippen molar-refractivity contribution in [2.45, 2.75) is 19.4 Å². The normalized spacial score (nSPS) is 12.4. The number of halogens is 4. The summed E-state index contributed by atoms with van der Waals surface area (Å²) in [4.78, 5) is 0. The largest absolute Gasteiger partial charge is 0.306 e. The second-order valence-electron chi connectivity index (χ2n) is 4.70. The molecule has 0 heterocycles. The Kier molecular flexibility index (Phi) is 5.73. The lowest BCUT2D eigenvalue weighted by atomic mass is 9.98. The number of rotatable bonds is 5. The Morgan fingerprint density at radius 1 is 1.14 bits per heavy atom. The van der Waals surface area contributed by atoms with E-state index in [0.717, 1.165) is 35.1 Å². The molecular formula is C16H15BrClF2N. The number of hydrogen-bond acceptors (Lipinski definition) is 1. The maximum absolute atomic E-state index is 13.6. The van der Waals surface area contributed by atoms with E-state index in [1.807, 2.05) is 31.2 Å². The SMILES string of the molecule is CCCNC(c1cc(F)c(F)cc1Cl)c1ccccc1Br. The van der Waals surface area contributed by atoms with Gasteiger partial charge in [-0.15, -0.1) is 0 Å². The number of hydrogen-bond donors (Lipinski definition) is 1. The summed E-state index contributed by atoms with van der Waals surface area (Å²) in [5.41, 5.74) is 1.45. The van der Waals surface area contributed by atoms with E-state index in [9.17, 15) is 8.78 Å². The average molecular weight is 375 g/mol. The second-order valence-corrected chi connectivity index (χ2v) is 5.96. The first-order valence-corrected chi connectivity index (χ1v) is 7.84. The molecule has 0 saturated carbocycles. The molecule has 2 aromatic carbocycles. The monoisotopic (exact) mass is 373 g/mol. The van der Waals surface area contributed by atoms with Crippen LogP contribution in [-0.4, -0.2) is 6.54 Å². The first-order valence-electron chi connectivity index (χ1n) is 6.66. The molecule has 0 fully saturated rings. The average Bonchev–Trinajstić information content (AvgIpc) is 2.46. The fourth-order valence-electron chi connectivity index (χ4n) is 2.14. The maximum Gasteiger partial charge on any atom is 0.160 e. The zero-order chi connectivity index (χ0) is 15.4. The molecule has 1 unspecified atom stereocenters. The lowest BCUT2D eigenvalue weighted by Gasteiger charge is -2.22. The van der Waals surface area contributed by atoms with E-state index in [-0.39, 0.29) is 11.1 Å². The van der Waals surface area contributed by atoms with Crippen LogP contribution in [0.15, 0.2) is 40.9 Å². The van der Waals surface area contributed by atoms with Gasteiger partial charge in [-0.25, -0.2) is 8.78 Å². The van der Waals surface area contributed by atoms with Gasteiger partial charge in [-0.2, -0.15) is 0 Å². The molecule has 0 aliphatic rings. The zero-order valence-electron chi connectivity index (χ0n) is 11.5. The number of nitrogens with one attached hydrogen (secondary N) is 1. The first-order chi connectivity index (χ1) is 10.0. The Morgan fingerprint density at radius 2 is 1.81 bits per heavy atom. The van der Waals surface area contributed by atoms with Crippen LogP contribution in [0.3, 0.4) is 0 Å². The van der Waals surface area contributed by atoms with Crippen LogP contribution < -0.4 is 5.32 Å². The van der Waals surface area contributed by atoms with Crippen LogP contribution in [0.2, 0.25) is 5.02 Å². The molecule has 0 radical (unpaired) electrons. The van der Waals surface area contributed by atoms with Gasteiger partial charge in [0, 0.05) is 9.50 Å². The fraction of sp³-hybridized carbons (Fsp3) is 0.250. The third-order valence-corrected chi connectivity index (χ3v) is 4.21. The molecule has 0 amide bonds. The Hall–Kier alpha value is -0.970. The van der Waals surface area contributed by atoms with Crippen molar-refractivity contribution in [2.24, 2.45) is 0 Å². The molecule has 1 N–H and O–H groups in total. The molecule has 0 aliphatic heterocycles. The summed E-state index contributed by atoms with van der Waals surface area (Å²) in [6.07, 6.45) is 0.919.